The molecule has 59 valence electrons. The van der Waals surface area contributed by atoms with Crippen LogP contribution in [0.1, 0.15) is 0 Å². The third-order valence-corrected chi connectivity index (χ3v) is 2.46. The molecule has 0 saturated heterocycles. The first-order valence-corrected chi connectivity index (χ1v) is 4.53. The average molecular weight is 172 g/mol. The molecular formula is C6H6NO3S. The fourth-order valence-electron chi connectivity index (χ4n) is 0.614. The molecule has 1 radical (unpaired) electrons. The Morgan fingerprint density at radius 3 is 2.27 bits per heavy atom. The van der Waals surface area contributed by atoms with Gasteiger partial charge in [0.25, 0.3) is 0 Å². The molecule has 0 N–H and O–H groups in total. The molecule has 1 aromatic rings. The highest BCUT2D eigenvalue weighted by molar-refractivity contribution is 7.91. The lowest BCUT2D eigenvalue weighted by Gasteiger charge is -1.95. The molecule has 1 rings (SSSR count). The second kappa shape index (κ2) is 2.98. The van der Waals surface area contributed by atoms with Gasteiger partial charge in [0.05, 0.1) is 4.90 Å². The largest absolute Gasteiger partial charge is 0.265 e. The second-order valence-electron chi connectivity index (χ2n) is 1.92. The summed E-state index contributed by atoms with van der Waals surface area (Å²) in [6.45, 7) is 0. The SMILES string of the molecule is [O]CS(=O)(=O)c1ccncc1. The Morgan fingerprint density at radius 2 is 1.82 bits per heavy atom. The minimum absolute atomic E-state index is 0.0301. The molecule has 0 fully saturated rings. The van der Waals surface area contributed by atoms with Gasteiger partial charge in [-0.25, -0.2) is 13.5 Å². The van der Waals surface area contributed by atoms with Crippen molar-refractivity contribution in [2.24, 2.45) is 0 Å². The lowest BCUT2D eigenvalue weighted by molar-refractivity contribution is 0.250. The average Bonchev–Trinajstić information content (AvgIpc) is 2.06. The van der Waals surface area contributed by atoms with Crippen LogP contribution >= 0.6 is 0 Å². The molecule has 1 heterocycles. The van der Waals surface area contributed by atoms with Crippen LogP contribution in [-0.4, -0.2) is 19.3 Å². The third kappa shape index (κ3) is 1.75. The molecular weight excluding hydrogens is 166 g/mol. The summed E-state index contributed by atoms with van der Waals surface area (Å²) in [6.07, 6.45) is 2.67. The number of rotatable bonds is 2. The fraction of sp³-hybridized carbons (Fsp3) is 0.167. The summed E-state index contributed by atoms with van der Waals surface area (Å²) in [6, 6.07) is 2.60. The van der Waals surface area contributed by atoms with Crippen molar-refractivity contribution in [3.05, 3.63) is 24.5 Å². The van der Waals surface area contributed by atoms with E-state index >= 15 is 0 Å². The quantitative estimate of drug-likeness (QED) is 0.641. The van der Waals surface area contributed by atoms with Crippen molar-refractivity contribution in [1.29, 1.82) is 0 Å². The summed E-state index contributed by atoms with van der Waals surface area (Å²) in [7, 11) is -3.59. The second-order valence-corrected chi connectivity index (χ2v) is 3.85. The van der Waals surface area contributed by atoms with Crippen molar-refractivity contribution in [2.75, 3.05) is 5.94 Å². The van der Waals surface area contributed by atoms with Gasteiger partial charge in [0, 0.05) is 12.4 Å². The number of nitrogens with zero attached hydrogens (tertiary/aromatic N) is 1. The van der Waals surface area contributed by atoms with Crippen molar-refractivity contribution >= 4 is 9.84 Å². The number of sulfone groups is 1. The molecule has 11 heavy (non-hydrogen) atoms. The molecule has 4 nitrogen and oxygen atoms in total. The Balaban J connectivity index is 3.14. The van der Waals surface area contributed by atoms with Crippen LogP contribution < -0.4 is 0 Å². The van der Waals surface area contributed by atoms with Crippen molar-refractivity contribution < 1.29 is 13.5 Å². The standard InChI is InChI=1S/C6H6NO3S/c8-5-11(9,10)6-1-3-7-4-2-6/h1-4H,5H2. The maximum Gasteiger partial charge on any atom is 0.205 e. The number of pyridine rings is 1. The molecule has 0 aromatic carbocycles. The van der Waals surface area contributed by atoms with E-state index < -0.39 is 15.8 Å². The predicted octanol–water partition coefficient (Wildman–Crippen LogP) is 0.243. The van der Waals surface area contributed by atoms with Crippen molar-refractivity contribution in [1.82, 2.24) is 4.98 Å². The van der Waals surface area contributed by atoms with Crippen molar-refractivity contribution in [3.8, 4) is 0 Å². The van der Waals surface area contributed by atoms with Gasteiger partial charge in [0.1, 0.15) is 0 Å². The maximum absolute atomic E-state index is 10.9. The minimum atomic E-state index is -3.59. The molecule has 0 atom stereocenters. The van der Waals surface area contributed by atoms with E-state index in [9.17, 15) is 13.5 Å². The Labute approximate surface area is 64.4 Å². The maximum atomic E-state index is 10.9. The normalized spacial score (nSPS) is 11.4. The first-order chi connectivity index (χ1) is 5.17. The van der Waals surface area contributed by atoms with E-state index in [2.05, 4.69) is 4.98 Å². The minimum Gasteiger partial charge on any atom is -0.265 e. The van der Waals surface area contributed by atoms with Gasteiger partial charge in [0.2, 0.25) is 9.84 Å². The highest BCUT2D eigenvalue weighted by Gasteiger charge is 2.11. The molecule has 0 saturated carbocycles. The summed E-state index contributed by atoms with van der Waals surface area (Å²) in [5.41, 5.74) is 0. The van der Waals surface area contributed by atoms with Crippen LogP contribution in [0.15, 0.2) is 29.4 Å². The van der Waals surface area contributed by atoms with Crippen molar-refractivity contribution in [3.63, 3.8) is 0 Å². The molecule has 1 aromatic heterocycles. The van der Waals surface area contributed by atoms with E-state index in [-0.39, 0.29) is 4.90 Å². The molecule has 0 aliphatic heterocycles. The Hall–Kier alpha value is -0.940. The molecule has 0 amide bonds. The summed E-state index contributed by atoms with van der Waals surface area (Å²) >= 11 is 0. The first kappa shape index (κ1) is 8.16. The molecule has 0 unspecified atom stereocenters. The Bertz CT molecular complexity index is 319. The van der Waals surface area contributed by atoms with Crippen LogP contribution in [0.4, 0.5) is 0 Å². The highest BCUT2D eigenvalue weighted by atomic mass is 32.2. The van der Waals surface area contributed by atoms with E-state index in [1.807, 2.05) is 0 Å². The van der Waals surface area contributed by atoms with Crippen molar-refractivity contribution in [2.45, 2.75) is 4.90 Å². The lowest BCUT2D eigenvalue weighted by atomic mass is 10.5. The highest BCUT2D eigenvalue weighted by Crippen LogP contribution is 2.06. The Morgan fingerprint density at radius 1 is 1.27 bits per heavy atom. The zero-order valence-corrected chi connectivity index (χ0v) is 6.41. The van der Waals surface area contributed by atoms with E-state index in [1.165, 1.54) is 24.5 Å². The summed E-state index contributed by atoms with van der Waals surface area (Å²) in [5, 5.41) is 10.1. The smallest absolute Gasteiger partial charge is 0.205 e. The van der Waals surface area contributed by atoms with Gasteiger partial charge < -0.3 is 0 Å². The predicted molar refractivity (Wildman–Crippen MR) is 37.0 cm³/mol. The van der Waals surface area contributed by atoms with Gasteiger partial charge in [-0.1, -0.05) is 0 Å². The third-order valence-electron chi connectivity index (χ3n) is 1.16. The van der Waals surface area contributed by atoms with Crippen LogP contribution in [0, 0.1) is 0 Å². The van der Waals surface area contributed by atoms with Crippen LogP contribution in [-0.2, 0) is 14.9 Å². The van der Waals surface area contributed by atoms with Gasteiger partial charge in [-0.15, -0.1) is 0 Å². The van der Waals surface area contributed by atoms with Gasteiger partial charge in [-0.2, -0.15) is 0 Å². The van der Waals surface area contributed by atoms with E-state index in [4.69, 9.17) is 0 Å². The van der Waals surface area contributed by atoms with E-state index in [0.717, 1.165) is 0 Å². The molecule has 0 aliphatic carbocycles. The number of aromatic nitrogens is 1. The number of hydrogen-bond donors (Lipinski definition) is 0. The molecule has 0 spiro atoms. The fourth-order valence-corrected chi connectivity index (χ4v) is 1.29. The molecule has 5 heteroatoms. The Kier molecular flexibility index (Phi) is 2.21. The van der Waals surface area contributed by atoms with Gasteiger partial charge in [-0.05, 0) is 12.1 Å². The van der Waals surface area contributed by atoms with E-state index in [0.29, 0.717) is 0 Å². The number of hydrogen-bond acceptors (Lipinski definition) is 3. The zero-order valence-electron chi connectivity index (χ0n) is 5.60. The molecule has 0 bridgehead atoms. The van der Waals surface area contributed by atoms with Gasteiger partial charge in [-0.3, -0.25) is 4.98 Å². The summed E-state index contributed by atoms with van der Waals surface area (Å²) in [4.78, 5) is 3.66. The van der Waals surface area contributed by atoms with Crippen LogP contribution in [0.3, 0.4) is 0 Å². The van der Waals surface area contributed by atoms with Crippen LogP contribution in [0.5, 0.6) is 0 Å². The summed E-state index contributed by atoms with van der Waals surface area (Å²) in [5.74, 6) is -1.11. The zero-order chi connectivity index (χ0) is 8.32. The van der Waals surface area contributed by atoms with Gasteiger partial charge >= 0.3 is 0 Å². The van der Waals surface area contributed by atoms with E-state index in [1.54, 1.807) is 0 Å². The van der Waals surface area contributed by atoms with Gasteiger partial charge in [0.15, 0.2) is 5.94 Å². The monoisotopic (exact) mass is 172 g/mol. The first-order valence-electron chi connectivity index (χ1n) is 2.88. The molecule has 0 aliphatic rings. The van der Waals surface area contributed by atoms with Crippen LogP contribution in [0.25, 0.3) is 0 Å². The van der Waals surface area contributed by atoms with Crippen LogP contribution in [0.2, 0.25) is 0 Å². The topological polar surface area (TPSA) is 66.9 Å². The summed E-state index contributed by atoms with van der Waals surface area (Å²) < 4.78 is 21.7. The lowest BCUT2D eigenvalue weighted by Crippen LogP contribution is -2.04.